The summed E-state index contributed by atoms with van der Waals surface area (Å²) in [6.07, 6.45) is 0. The molecule has 0 bridgehead atoms. The zero-order valence-corrected chi connectivity index (χ0v) is 8.22. The smallest absolute Gasteiger partial charge is 0.225 e. The van der Waals surface area contributed by atoms with Gasteiger partial charge in [0.1, 0.15) is 5.69 Å². The van der Waals surface area contributed by atoms with Crippen molar-refractivity contribution in [2.24, 2.45) is 0 Å². The number of halogens is 3. The van der Waals surface area contributed by atoms with Crippen molar-refractivity contribution < 1.29 is 17.7 Å². The van der Waals surface area contributed by atoms with Gasteiger partial charge < -0.3 is 10.3 Å². The van der Waals surface area contributed by atoms with E-state index in [-0.39, 0.29) is 17.1 Å². The second-order valence-corrected chi connectivity index (χ2v) is 3.27. The summed E-state index contributed by atoms with van der Waals surface area (Å²) in [5.41, 5.74) is 6.11. The molecular formula is C10H7F3N2O. The molecule has 0 fully saturated rings. The minimum Gasteiger partial charge on any atom is -0.367 e. The van der Waals surface area contributed by atoms with Crippen LogP contribution in [0.3, 0.4) is 0 Å². The van der Waals surface area contributed by atoms with Crippen LogP contribution in [0.15, 0.2) is 16.7 Å². The first kappa shape index (κ1) is 10.5. The van der Waals surface area contributed by atoms with Crippen LogP contribution in [0, 0.1) is 24.4 Å². The van der Waals surface area contributed by atoms with E-state index in [9.17, 15) is 13.2 Å². The minimum absolute atomic E-state index is 0.0557. The Morgan fingerprint density at radius 2 is 1.75 bits per heavy atom. The molecule has 84 valence electrons. The second kappa shape index (κ2) is 3.55. The molecule has 0 radical (unpaired) electrons. The maximum Gasteiger partial charge on any atom is 0.225 e. The fraction of sp³-hybridized carbons (Fsp3) is 0.100. The molecule has 0 aliphatic rings. The fourth-order valence-corrected chi connectivity index (χ4v) is 1.31. The fourth-order valence-electron chi connectivity index (χ4n) is 1.31. The number of rotatable bonds is 1. The zero-order chi connectivity index (χ0) is 11.9. The van der Waals surface area contributed by atoms with Crippen molar-refractivity contribution in [2.45, 2.75) is 6.92 Å². The van der Waals surface area contributed by atoms with Crippen LogP contribution in [0.5, 0.6) is 0 Å². The first-order valence-electron chi connectivity index (χ1n) is 4.37. The molecule has 1 heterocycles. The van der Waals surface area contributed by atoms with Crippen molar-refractivity contribution in [3.05, 3.63) is 35.1 Å². The average molecular weight is 228 g/mol. The molecule has 0 amide bonds. The van der Waals surface area contributed by atoms with Crippen LogP contribution in [-0.2, 0) is 0 Å². The number of nitrogens with two attached hydrogens (primary N) is 1. The lowest BCUT2D eigenvalue weighted by Crippen LogP contribution is -1.93. The summed E-state index contributed by atoms with van der Waals surface area (Å²) in [7, 11) is 0. The Morgan fingerprint density at radius 1 is 1.19 bits per heavy atom. The van der Waals surface area contributed by atoms with Crippen LogP contribution in [0.2, 0.25) is 0 Å². The summed E-state index contributed by atoms with van der Waals surface area (Å²) in [4.78, 5) is 0. The van der Waals surface area contributed by atoms with Gasteiger partial charge in [0.15, 0.2) is 17.5 Å². The third-order valence-corrected chi connectivity index (χ3v) is 2.22. The van der Waals surface area contributed by atoms with E-state index >= 15 is 0 Å². The highest BCUT2D eigenvalue weighted by Gasteiger charge is 2.16. The number of hydrogen-bond donors (Lipinski definition) is 1. The van der Waals surface area contributed by atoms with Gasteiger partial charge in [-0.2, -0.15) is 0 Å². The molecule has 2 N–H and O–H groups in total. The molecule has 0 aliphatic heterocycles. The Kier molecular flexibility index (Phi) is 2.34. The first-order chi connectivity index (χ1) is 7.50. The molecule has 0 saturated heterocycles. The van der Waals surface area contributed by atoms with E-state index < -0.39 is 17.5 Å². The van der Waals surface area contributed by atoms with Gasteiger partial charge in [-0.1, -0.05) is 5.16 Å². The van der Waals surface area contributed by atoms with Gasteiger partial charge in [0.2, 0.25) is 5.88 Å². The Morgan fingerprint density at radius 3 is 2.19 bits per heavy atom. The molecule has 3 nitrogen and oxygen atoms in total. The molecule has 16 heavy (non-hydrogen) atoms. The van der Waals surface area contributed by atoms with Gasteiger partial charge in [-0.25, -0.2) is 13.2 Å². The van der Waals surface area contributed by atoms with Crippen molar-refractivity contribution in [3.8, 4) is 11.3 Å². The lowest BCUT2D eigenvalue weighted by Gasteiger charge is -2.00. The van der Waals surface area contributed by atoms with E-state index in [1.807, 2.05) is 0 Å². The van der Waals surface area contributed by atoms with Gasteiger partial charge in [-0.05, 0) is 19.1 Å². The highest BCUT2D eigenvalue weighted by molar-refractivity contribution is 5.66. The van der Waals surface area contributed by atoms with Crippen LogP contribution in [0.4, 0.5) is 19.1 Å². The van der Waals surface area contributed by atoms with E-state index in [0.29, 0.717) is 5.56 Å². The van der Waals surface area contributed by atoms with Crippen LogP contribution < -0.4 is 5.73 Å². The maximum absolute atomic E-state index is 13.0. The minimum atomic E-state index is -1.52. The molecule has 1 aromatic carbocycles. The van der Waals surface area contributed by atoms with E-state index in [2.05, 4.69) is 9.68 Å². The molecule has 6 heteroatoms. The second-order valence-electron chi connectivity index (χ2n) is 3.27. The van der Waals surface area contributed by atoms with Crippen LogP contribution in [-0.4, -0.2) is 5.16 Å². The summed E-state index contributed by atoms with van der Waals surface area (Å²) in [6, 6.07) is 1.67. The topological polar surface area (TPSA) is 52.0 Å². The molecule has 0 aliphatic carbocycles. The van der Waals surface area contributed by atoms with E-state index in [4.69, 9.17) is 5.73 Å². The van der Waals surface area contributed by atoms with Gasteiger partial charge in [-0.15, -0.1) is 0 Å². The number of nitrogen functional groups attached to an aromatic ring is 1. The Bertz CT molecular complexity index is 528. The quantitative estimate of drug-likeness (QED) is 0.763. The standard InChI is InChI=1S/C10H7F3N2O/c1-4-9(15-16-10(4)14)5-2-6(11)8(13)7(12)3-5/h2-3H,14H2,1H3. The van der Waals surface area contributed by atoms with Crippen molar-refractivity contribution in [1.29, 1.82) is 0 Å². The third-order valence-electron chi connectivity index (χ3n) is 2.22. The molecule has 2 aromatic rings. The van der Waals surface area contributed by atoms with Crippen molar-refractivity contribution in [3.63, 3.8) is 0 Å². The van der Waals surface area contributed by atoms with E-state index in [0.717, 1.165) is 12.1 Å². The normalized spacial score (nSPS) is 10.8. The number of aromatic nitrogens is 1. The molecule has 0 spiro atoms. The summed E-state index contributed by atoms with van der Waals surface area (Å²) in [6.45, 7) is 1.58. The maximum atomic E-state index is 13.0. The van der Waals surface area contributed by atoms with Crippen molar-refractivity contribution in [2.75, 3.05) is 5.73 Å². The van der Waals surface area contributed by atoms with Crippen LogP contribution >= 0.6 is 0 Å². The number of hydrogen-bond acceptors (Lipinski definition) is 3. The largest absolute Gasteiger partial charge is 0.367 e. The van der Waals surface area contributed by atoms with Gasteiger partial charge in [-0.3, -0.25) is 0 Å². The summed E-state index contributed by atoms with van der Waals surface area (Å²) < 4.78 is 43.3. The van der Waals surface area contributed by atoms with E-state index in [1.165, 1.54) is 0 Å². The Labute approximate surface area is 88.7 Å². The molecule has 2 rings (SSSR count). The van der Waals surface area contributed by atoms with E-state index in [1.54, 1.807) is 6.92 Å². The molecule has 0 saturated carbocycles. The number of nitrogens with zero attached hydrogens (tertiary/aromatic N) is 1. The Hall–Kier alpha value is -1.98. The van der Waals surface area contributed by atoms with Gasteiger partial charge in [0, 0.05) is 11.1 Å². The average Bonchev–Trinajstić information content (AvgIpc) is 2.56. The highest BCUT2D eigenvalue weighted by Crippen LogP contribution is 2.28. The lowest BCUT2D eigenvalue weighted by molar-refractivity contribution is 0.437. The summed E-state index contributed by atoms with van der Waals surface area (Å²) >= 11 is 0. The zero-order valence-electron chi connectivity index (χ0n) is 8.22. The highest BCUT2D eigenvalue weighted by atomic mass is 19.2. The third kappa shape index (κ3) is 1.52. The predicted octanol–water partition coefficient (Wildman–Crippen LogP) is 2.65. The molecule has 0 atom stereocenters. The first-order valence-corrected chi connectivity index (χ1v) is 4.37. The lowest BCUT2D eigenvalue weighted by atomic mass is 10.1. The monoisotopic (exact) mass is 228 g/mol. The molecule has 1 aromatic heterocycles. The van der Waals surface area contributed by atoms with Gasteiger partial charge >= 0.3 is 0 Å². The number of benzene rings is 1. The van der Waals surface area contributed by atoms with Gasteiger partial charge in [0.05, 0.1) is 0 Å². The predicted molar refractivity (Wildman–Crippen MR) is 51.0 cm³/mol. The van der Waals surface area contributed by atoms with Crippen molar-refractivity contribution >= 4 is 5.88 Å². The van der Waals surface area contributed by atoms with Gasteiger partial charge in [0.25, 0.3) is 0 Å². The van der Waals surface area contributed by atoms with Crippen molar-refractivity contribution in [1.82, 2.24) is 5.16 Å². The van der Waals surface area contributed by atoms with Crippen LogP contribution in [0.25, 0.3) is 11.3 Å². The molecular weight excluding hydrogens is 221 g/mol. The molecule has 0 unspecified atom stereocenters. The SMILES string of the molecule is Cc1c(-c2cc(F)c(F)c(F)c2)noc1N. The summed E-state index contributed by atoms with van der Waals surface area (Å²) in [5, 5.41) is 3.54. The van der Waals surface area contributed by atoms with Crippen LogP contribution in [0.1, 0.15) is 5.56 Å². The number of anilines is 1. The summed E-state index contributed by atoms with van der Waals surface area (Å²) in [5.74, 6) is -4.02. The Balaban J connectivity index is 2.61.